The second-order valence-electron chi connectivity index (χ2n) is 6.20. The van der Waals surface area contributed by atoms with Gasteiger partial charge in [0.1, 0.15) is 0 Å². The summed E-state index contributed by atoms with van der Waals surface area (Å²) in [6.45, 7) is 4.02. The predicted octanol–water partition coefficient (Wildman–Crippen LogP) is 3.69. The van der Waals surface area contributed by atoms with Crippen molar-refractivity contribution in [2.75, 3.05) is 13.1 Å². The van der Waals surface area contributed by atoms with Crippen LogP contribution in [0.2, 0.25) is 10.0 Å². The minimum atomic E-state index is 0.177. The Hall–Kier alpha value is -1.59. The molecule has 0 aliphatic carbocycles. The lowest BCUT2D eigenvalue weighted by atomic mass is 9.89. The highest BCUT2D eigenvalue weighted by Gasteiger charge is 2.24. The highest BCUT2D eigenvalue weighted by molar-refractivity contribution is 6.42. The van der Waals surface area contributed by atoms with Gasteiger partial charge >= 0.3 is 0 Å². The van der Waals surface area contributed by atoms with Crippen LogP contribution >= 0.6 is 23.2 Å². The largest absolute Gasteiger partial charge is 0.343 e. The lowest BCUT2D eigenvalue weighted by Gasteiger charge is -2.32. The molecule has 128 valence electrons. The Morgan fingerprint density at radius 2 is 2.00 bits per heavy atom. The first kappa shape index (κ1) is 17.2. The first-order valence-corrected chi connectivity index (χ1v) is 8.88. The average molecular weight is 367 g/mol. The molecule has 24 heavy (non-hydrogen) atoms. The van der Waals surface area contributed by atoms with Gasteiger partial charge in [-0.3, -0.25) is 9.48 Å². The Morgan fingerprint density at radius 3 is 2.62 bits per heavy atom. The highest BCUT2D eigenvalue weighted by atomic mass is 35.5. The summed E-state index contributed by atoms with van der Waals surface area (Å²) < 4.78 is 1.72. The van der Waals surface area contributed by atoms with Gasteiger partial charge < -0.3 is 4.90 Å². The summed E-state index contributed by atoms with van der Waals surface area (Å²) in [6, 6.07) is 5.82. The van der Waals surface area contributed by atoms with Crippen molar-refractivity contribution in [1.82, 2.24) is 19.9 Å². The van der Waals surface area contributed by atoms with Crippen molar-refractivity contribution in [3.8, 4) is 0 Å². The molecule has 1 fully saturated rings. The molecule has 0 radical (unpaired) electrons. The second kappa shape index (κ2) is 7.53. The molecule has 3 rings (SSSR count). The number of hydrogen-bond donors (Lipinski definition) is 0. The van der Waals surface area contributed by atoms with E-state index in [0.29, 0.717) is 28.9 Å². The van der Waals surface area contributed by atoms with Gasteiger partial charge in [-0.05, 0) is 43.4 Å². The summed E-state index contributed by atoms with van der Waals surface area (Å²) in [6.07, 6.45) is 4.21. The van der Waals surface area contributed by atoms with E-state index in [0.717, 1.165) is 31.6 Å². The van der Waals surface area contributed by atoms with Crippen molar-refractivity contribution in [2.24, 2.45) is 0 Å². The molecule has 0 N–H and O–H groups in total. The number of carbonyl (C=O) groups is 1. The zero-order chi connectivity index (χ0) is 17.1. The Labute approximate surface area is 151 Å². The molecule has 2 aromatic rings. The van der Waals surface area contributed by atoms with E-state index in [2.05, 4.69) is 10.3 Å². The zero-order valence-corrected chi connectivity index (χ0v) is 15.1. The average Bonchev–Trinajstić information content (AvgIpc) is 3.01. The number of carbonyl (C=O) groups excluding carboxylic acids is 1. The van der Waals surface area contributed by atoms with E-state index in [1.54, 1.807) is 4.68 Å². The Bertz CT molecular complexity index is 723. The number of aryl methyl sites for hydroxylation is 2. The highest BCUT2D eigenvalue weighted by Crippen LogP contribution is 2.32. The van der Waals surface area contributed by atoms with Crippen molar-refractivity contribution in [1.29, 1.82) is 0 Å². The van der Waals surface area contributed by atoms with Gasteiger partial charge in [-0.15, -0.1) is 5.10 Å². The maximum absolute atomic E-state index is 12.3. The third-order valence-corrected chi connectivity index (χ3v) is 5.21. The van der Waals surface area contributed by atoms with Crippen LogP contribution in [0.25, 0.3) is 0 Å². The fourth-order valence-electron chi connectivity index (χ4n) is 3.10. The molecule has 1 saturated heterocycles. The number of likely N-dealkylation sites (tertiary alicyclic amines) is 1. The lowest BCUT2D eigenvalue weighted by Crippen LogP contribution is -2.38. The number of rotatable bonds is 4. The van der Waals surface area contributed by atoms with Crippen molar-refractivity contribution >= 4 is 29.1 Å². The van der Waals surface area contributed by atoms with E-state index in [9.17, 15) is 4.79 Å². The summed E-state index contributed by atoms with van der Waals surface area (Å²) in [5, 5.41) is 9.08. The molecule has 0 atom stereocenters. The number of amides is 1. The van der Waals surface area contributed by atoms with Gasteiger partial charge in [0.05, 0.1) is 22.3 Å². The summed E-state index contributed by atoms with van der Waals surface area (Å²) in [7, 11) is 0. The number of benzene rings is 1. The van der Waals surface area contributed by atoms with Crippen LogP contribution in [0.5, 0.6) is 0 Å². The molecule has 0 saturated carbocycles. The van der Waals surface area contributed by atoms with Crippen LogP contribution in [-0.2, 0) is 11.3 Å². The normalized spacial score (nSPS) is 15.7. The molecule has 1 amide bonds. The summed E-state index contributed by atoms with van der Waals surface area (Å²) in [5.74, 6) is 0.609. The number of halogens is 2. The fraction of sp³-hybridized carbons (Fsp3) is 0.471. The summed E-state index contributed by atoms with van der Waals surface area (Å²) in [4.78, 5) is 14.3. The summed E-state index contributed by atoms with van der Waals surface area (Å²) in [5.41, 5.74) is 2.07. The Balaban J connectivity index is 1.50. The van der Waals surface area contributed by atoms with E-state index >= 15 is 0 Å². The molecule has 0 bridgehead atoms. The smallest absolute Gasteiger partial charge is 0.224 e. The molecule has 5 nitrogen and oxygen atoms in total. The van der Waals surface area contributed by atoms with Crippen molar-refractivity contribution < 1.29 is 4.79 Å². The zero-order valence-electron chi connectivity index (χ0n) is 13.6. The van der Waals surface area contributed by atoms with Gasteiger partial charge in [0, 0.05) is 25.7 Å². The van der Waals surface area contributed by atoms with E-state index in [1.165, 1.54) is 5.56 Å². The van der Waals surface area contributed by atoms with Gasteiger partial charge in [-0.2, -0.15) is 0 Å². The molecule has 0 spiro atoms. The monoisotopic (exact) mass is 366 g/mol. The van der Waals surface area contributed by atoms with Gasteiger partial charge in [0.2, 0.25) is 5.91 Å². The van der Waals surface area contributed by atoms with E-state index in [-0.39, 0.29) is 5.91 Å². The van der Waals surface area contributed by atoms with Gasteiger partial charge in [0.15, 0.2) is 0 Å². The molecule has 1 aromatic heterocycles. The molecule has 1 aliphatic heterocycles. The maximum atomic E-state index is 12.3. The van der Waals surface area contributed by atoms with Crippen molar-refractivity contribution in [3.63, 3.8) is 0 Å². The van der Waals surface area contributed by atoms with Crippen LogP contribution in [0.3, 0.4) is 0 Å². The van der Waals surface area contributed by atoms with Crippen LogP contribution in [-0.4, -0.2) is 38.9 Å². The number of nitrogens with zero attached hydrogens (tertiary/aromatic N) is 4. The minimum absolute atomic E-state index is 0.177. The third-order valence-electron chi connectivity index (χ3n) is 4.47. The standard InChI is InChI=1S/C17H20Cl2N4O/c1-12-11-23(21-20-12)9-6-17(24)22-7-4-13(5-8-22)14-2-3-15(18)16(19)10-14/h2-3,10-11,13H,4-9H2,1H3. The number of piperidine rings is 1. The molecule has 1 aliphatic rings. The quantitative estimate of drug-likeness (QED) is 0.828. The third kappa shape index (κ3) is 4.08. The first-order chi connectivity index (χ1) is 11.5. The van der Waals surface area contributed by atoms with Crippen LogP contribution in [0.15, 0.2) is 24.4 Å². The molecule has 7 heteroatoms. The first-order valence-electron chi connectivity index (χ1n) is 8.12. The lowest BCUT2D eigenvalue weighted by molar-refractivity contribution is -0.132. The van der Waals surface area contributed by atoms with Crippen molar-refractivity contribution in [3.05, 3.63) is 45.7 Å². The second-order valence-corrected chi connectivity index (χ2v) is 7.02. The van der Waals surface area contributed by atoms with Crippen molar-refractivity contribution in [2.45, 2.75) is 38.6 Å². The van der Waals surface area contributed by atoms with Gasteiger partial charge in [0.25, 0.3) is 0 Å². The van der Waals surface area contributed by atoms with Crippen LogP contribution < -0.4 is 0 Å². The summed E-state index contributed by atoms with van der Waals surface area (Å²) >= 11 is 12.1. The van der Waals surface area contributed by atoms with Gasteiger partial charge in [-0.25, -0.2) is 0 Å². The number of aromatic nitrogens is 3. The molecule has 1 aromatic carbocycles. The number of hydrogen-bond acceptors (Lipinski definition) is 3. The Morgan fingerprint density at radius 1 is 1.25 bits per heavy atom. The molecule has 2 heterocycles. The topological polar surface area (TPSA) is 51.0 Å². The molecular weight excluding hydrogens is 347 g/mol. The van der Waals surface area contributed by atoms with Gasteiger partial charge in [-0.1, -0.05) is 34.5 Å². The predicted molar refractivity (Wildman–Crippen MR) is 94.4 cm³/mol. The minimum Gasteiger partial charge on any atom is -0.343 e. The van der Waals surface area contributed by atoms with Crippen LogP contribution in [0.4, 0.5) is 0 Å². The van der Waals surface area contributed by atoms with E-state index < -0.39 is 0 Å². The van der Waals surface area contributed by atoms with E-state index in [1.807, 2.05) is 36.2 Å². The fourth-order valence-corrected chi connectivity index (χ4v) is 3.41. The van der Waals surface area contributed by atoms with Crippen LogP contribution in [0, 0.1) is 6.92 Å². The maximum Gasteiger partial charge on any atom is 0.224 e. The Kier molecular flexibility index (Phi) is 5.41. The molecular formula is C17H20Cl2N4O. The SMILES string of the molecule is Cc1cn(CCC(=O)N2CCC(c3ccc(Cl)c(Cl)c3)CC2)nn1. The van der Waals surface area contributed by atoms with E-state index in [4.69, 9.17) is 23.2 Å². The van der Waals surface area contributed by atoms with Crippen LogP contribution in [0.1, 0.15) is 36.4 Å². The molecule has 0 unspecified atom stereocenters.